The molecule has 5 rings (SSSR count). The van der Waals surface area contributed by atoms with Crippen LogP contribution in [0, 0.1) is 6.92 Å². The highest BCUT2D eigenvalue weighted by Crippen LogP contribution is 2.43. The van der Waals surface area contributed by atoms with Gasteiger partial charge in [-0.1, -0.05) is 13.8 Å². The fourth-order valence-electron chi connectivity index (χ4n) is 5.01. The number of carbonyl (C=O) groups excluding carboxylic acids is 1. The van der Waals surface area contributed by atoms with Crippen LogP contribution in [0.5, 0.6) is 0 Å². The number of piperidine rings is 1. The van der Waals surface area contributed by atoms with Gasteiger partial charge in [-0.25, -0.2) is 9.50 Å². The number of hydrogen-bond donors (Lipinski definition) is 1. The zero-order valence-corrected chi connectivity index (χ0v) is 20.9. The normalized spacial score (nSPS) is 15.5. The molecule has 8 heteroatoms. The van der Waals surface area contributed by atoms with Crippen molar-refractivity contribution in [1.82, 2.24) is 29.4 Å². The van der Waals surface area contributed by atoms with Gasteiger partial charge in [0.15, 0.2) is 5.65 Å². The Morgan fingerprint density at radius 3 is 2.73 bits per heavy atom. The predicted molar refractivity (Wildman–Crippen MR) is 134 cm³/mol. The van der Waals surface area contributed by atoms with Crippen LogP contribution in [0.3, 0.4) is 0 Å². The Morgan fingerprint density at radius 1 is 1.27 bits per heavy atom. The minimum Gasteiger partial charge on any atom is -0.354 e. The molecule has 1 aliphatic heterocycles. The lowest BCUT2D eigenvalue weighted by molar-refractivity contribution is -0.132. The predicted octanol–water partition coefficient (Wildman–Crippen LogP) is 4.64. The number of hydrogen-bond acceptors (Lipinski definition) is 5. The SMILES string of the molecule is Cc1cc(-c2[nH]c3cc(C4CCN(C(=O)CN(C)C)CC4)sc3c2C(C)C)cn2ncnc12. The molecule has 0 saturated carbocycles. The Balaban J connectivity index is 1.43. The minimum atomic E-state index is 0.239. The zero-order chi connectivity index (χ0) is 23.3. The molecule has 1 amide bonds. The summed E-state index contributed by atoms with van der Waals surface area (Å²) < 4.78 is 3.22. The molecule has 1 saturated heterocycles. The molecule has 4 aromatic heterocycles. The maximum atomic E-state index is 12.4. The van der Waals surface area contributed by atoms with Gasteiger partial charge >= 0.3 is 0 Å². The van der Waals surface area contributed by atoms with Crippen molar-refractivity contribution in [2.75, 3.05) is 33.7 Å². The molecule has 1 aliphatic rings. The van der Waals surface area contributed by atoms with Gasteiger partial charge in [0, 0.05) is 29.7 Å². The highest BCUT2D eigenvalue weighted by atomic mass is 32.1. The molecule has 0 bridgehead atoms. The number of fused-ring (bicyclic) bond motifs is 2. The number of aryl methyl sites for hydroxylation is 1. The average molecular weight is 465 g/mol. The smallest absolute Gasteiger partial charge is 0.236 e. The first kappa shape index (κ1) is 22.1. The van der Waals surface area contributed by atoms with Crippen LogP contribution in [0.15, 0.2) is 24.7 Å². The summed E-state index contributed by atoms with van der Waals surface area (Å²) in [6.07, 6.45) is 5.75. The number of nitrogens with zero attached hydrogens (tertiary/aromatic N) is 5. The van der Waals surface area contributed by atoms with Crippen molar-refractivity contribution in [3.63, 3.8) is 0 Å². The largest absolute Gasteiger partial charge is 0.354 e. The van der Waals surface area contributed by atoms with Crippen molar-refractivity contribution in [3.8, 4) is 11.3 Å². The van der Waals surface area contributed by atoms with Crippen LogP contribution < -0.4 is 0 Å². The number of likely N-dealkylation sites (N-methyl/N-ethyl adjacent to an activating group) is 1. The lowest BCUT2D eigenvalue weighted by atomic mass is 9.95. The van der Waals surface area contributed by atoms with Gasteiger partial charge in [-0.2, -0.15) is 5.10 Å². The van der Waals surface area contributed by atoms with E-state index >= 15 is 0 Å². The van der Waals surface area contributed by atoms with E-state index in [4.69, 9.17) is 0 Å². The van der Waals surface area contributed by atoms with Crippen LogP contribution in [0.1, 0.15) is 54.5 Å². The van der Waals surface area contributed by atoms with Gasteiger partial charge in [0.05, 0.1) is 22.5 Å². The lowest BCUT2D eigenvalue weighted by Gasteiger charge is -2.32. The van der Waals surface area contributed by atoms with Crippen LogP contribution >= 0.6 is 11.3 Å². The van der Waals surface area contributed by atoms with Crippen LogP contribution in [0.2, 0.25) is 0 Å². The maximum absolute atomic E-state index is 12.4. The van der Waals surface area contributed by atoms with Crippen molar-refractivity contribution in [3.05, 3.63) is 40.7 Å². The molecule has 0 radical (unpaired) electrons. The van der Waals surface area contributed by atoms with Gasteiger partial charge in [-0.15, -0.1) is 11.3 Å². The van der Waals surface area contributed by atoms with Crippen molar-refractivity contribution in [1.29, 1.82) is 0 Å². The third-order valence-corrected chi connectivity index (χ3v) is 7.98. The van der Waals surface area contributed by atoms with Gasteiger partial charge in [0.1, 0.15) is 6.33 Å². The lowest BCUT2D eigenvalue weighted by Crippen LogP contribution is -2.42. The third-order valence-electron chi connectivity index (χ3n) is 6.65. The Hall–Kier alpha value is -2.71. The molecule has 1 fully saturated rings. The fourth-order valence-corrected chi connectivity index (χ4v) is 6.50. The zero-order valence-electron chi connectivity index (χ0n) is 20.1. The highest BCUT2D eigenvalue weighted by molar-refractivity contribution is 7.19. The van der Waals surface area contributed by atoms with Crippen molar-refractivity contribution < 1.29 is 4.79 Å². The first-order valence-electron chi connectivity index (χ1n) is 11.7. The molecular formula is C25H32N6OS. The summed E-state index contributed by atoms with van der Waals surface area (Å²) in [7, 11) is 3.90. The third kappa shape index (κ3) is 4.06. The van der Waals surface area contributed by atoms with Gasteiger partial charge < -0.3 is 14.8 Å². The molecule has 7 nitrogen and oxygen atoms in total. The summed E-state index contributed by atoms with van der Waals surface area (Å²) in [5.74, 6) is 1.16. The van der Waals surface area contributed by atoms with Gasteiger partial charge in [0.25, 0.3) is 0 Å². The van der Waals surface area contributed by atoms with E-state index in [2.05, 4.69) is 54.2 Å². The summed E-state index contributed by atoms with van der Waals surface area (Å²) in [5.41, 5.74) is 6.94. The van der Waals surface area contributed by atoms with Gasteiger partial charge in [0.2, 0.25) is 5.91 Å². The molecular weight excluding hydrogens is 432 g/mol. The molecule has 33 heavy (non-hydrogen) atoms. The first-order chi connectivity index (χ1) is 15.8. The molecule has 0 aliphatic carbocycles. The summed E-state index contributed by atoms with van der Waals surface area (Å²) >= 11 is 1.93. The molecule has 4 aromatic rings. The fraction of sp³-hybridized carbons (Fsp3) is 0.480. The second-order valence-corrected chi connectivity index (χ2v) is 10.9. The summed E-state index contributed by atoms with van der Waals surface area (Å²) in [5, 5.41) is 4.35. The van der Waals surface area contributed by atoms with Crippen molar-refractivity contribution in [2.45, 2.75) is 45.4 Å². The Bertz CT molecular complexity index is 1310. The molecule has 0 spiro atoms. The van der Waals surface area contributed by atoms with E-state index in [1.54, 1.807) is 6.33 Å². The number of amides is 1. The molecule has 1 N–H and O–H groups in total. The van der Waals surface area contributed by atoms with E-state index < -0.39 is 0 Å². The van der Waals surface area contributed by atoms with Crippen LogP contribution in [0.4, 0.5) is 0 Å². The standard InChI is InChI=1S/C25H32N6OS/c1-15(2)22-23(18-10-16(3)25-26-14-27-31(25)12-18)28-19-11-20(33-24(19)22)17-6-8-30(9-7-17)21(32)13-29(4)5/h10-12,14-15,17,28H,6-9,13H2,1-5H3. The molecule has 0 aromatic carbocycles. The van der Waals surface area contributed by atoms with Gasteiger partial charge in [-0.3, -0.25) is 4.79 Å². The molecule has 0 unspecified atom stereocenters. The monoisotopic (exact) mass is 464 g/mol. The van der Waals surface area contributed by atoms with E-state index in [-0.39, 0.29) is 5.91 Å². The number of rotatable bonds is 5. The number of thiophene rings is 1. The van der Waals surface area contributed by atoms with E-state index in [0.717, 1.165) is 42.7 Å². The number of nitrogens with one attached hydrogen (secondary N) is 1. The minimum absolute atomic E-state index is 0.239. The number of aromatic nitrogens is 4. The summed E-state index contributed by atoms with van der Waals surface area (Å²) in [6, 6.07) is 4.55. The second-order valence-electron chi connectivity index (χ2n) is 9.79. The first-order valence-corrected chi connectivity index (χ1v) is 12.5. The van der Waals surface area contributed by atoms with E-state index in [1.165, 1.54) is 26.4 Å². The molecule has 5 heterocycles. The van der Waals surface area contributed by atoms with Crippen LogP contribution in [0.25, 0.3) is 27.1 Å². The van der Waals surface area contributed by atoms with E-state index in [1.807, 2.05) is 39.7 Å². The quantitative estimate of drug-likeness (QED) is 0.467. The molecule has 174 valence electrons. The summed E-state index contributed by atoms with van der Waals surface area (Å²) in [4.78, 5) is 25.9. The topological polar surface area (TPSA) is 69.5 Å². The van der Waals surface area contributed by atoms with Gasteiger partial charge in [-0.05, 0) is 69.0 Å². The summed E-state index contributed by atoms with van der Waals surface area (Å²) in [6.45, 7) is 8.81. The van der Waals surface area contributed by atoms with Crippen LogP contribution in [-0.4, -0.2) is 69.0 Å². The average Bonchev–Trinajstić information content (AvgIpc) is 3.47. The second kappa shape index (κ2) is 8.57. The van der Waals surface area contributed by atoms with Crippen LogP contribution in [-0.2, 0) is 4.79 Å². The Kier molecular flexibility index (Phi) is 5.74. The number of H-pyrrole nitrogens is 1. The van der Waals surface area contributed by atoms with E-state index in [0.29, 0.717) is 18.4 Å². The van der Waals surface area contributed by atoms with Crippen molar-refractivity contribution >= 4 is 33.1 Å². The highest BCUT2D eigenvalue weighted by Gasteiger charge is 2.27. The Morgan fingerprint density at radius 2 is 2.03 bits per heavy atom. The number of pyridine rings is 1. The molecule has 0 atom stereocenters. The number of likely N-dealkylation sites (tertiary alicyclic amines) is 1. The number of carbonyl (C=O) groups is 1. The van der Waals surface area contributed by atoms with Crippen molar-refractivity contribution in [2.24, 2.45) is 0 Å². The van der Waals surface area contributed by atoms with E-state index in [9.17, 15) is 4.79 Å². The number of aromatic amines is 1. The Labute approximate surface area is 198 Å². The maximum Gasteiger partial charge on any atom is 0.236 e.